The van der Waals surface area contributed by atoms with E-state index < -0.39 is 5.82 Å². The highest BCUT2D eigenvalue weighted by Gasteiger charge is 2.22. The maximum atomic E-state index is 13.4. The van der Waals surface area contributed by atoms with Crippen molar-refractivity contribution in [3.63, 3.8) is 0 Å². The number of nitrogens with zero attached hydrogens (tertiary/aromatic N) is 1. The van der Waals surface area contributed by atoms with Gasteiger partial charge in [-0.05, 0) is 15.9 Å². The van der Waals surface area contributed by atoms with Crippen molar-refractivity contribution in [2.75, 3.05) is 6.79 Å². The zero-order valence-corrected chi connectivity index (χ0v) is 8.60. The van der Waals surface area contributed by atoms with Crippen LogP contribution in [0.25, 0.3) is 0 Å². The number of hydrogen-bond acceptors (Lipinski definition) is 3. The first-order valence-electron chi connectivity index (χ1n) is 3.87. The maximum Gasteiger partial charge on any atom is 0.231 e. The Labute approximate surface area is 88.2 Å². The molecule has 1 aromatic carbocycles. The van der Waals surface area contributed by atoms with Crippen molar-refractivity contribution < 1.29 is 13.9 Å². The lowest BCUT2D eigenvalue weighted by molar-refractivity contribution is 0.173. The average molecular weight is 258 g/mol. The molecule has 1 aliphatic heterocycles. The summed E-state index contributed by atoms with van der Waals surface area (Å²) < 4.78 is 24.0. The van der Waals surface area contributed by atoms with Gasteiger partial charge >= 0.3 is 0 Å². The quantitative estimate of drug-likeness (QED) is 0.776. The topological polar surface area (TPSA) is 42.2 Å². The summed E-state index contributed by atoms with van der Waals surface area (Å²) in [4.78, 5) is 0. The molecule has 0 fully saturated rings. The summed E-state index contributed by atoms with van der Waals surface area (Å²) in [6, 6.07) is 3.13. The Balaban J connectivity index is 2.58. The summed E-state index contributed by atoms with van der Waals surface area (Å²) in [7, 11) is 0. The Bertz CT molecular complexity index is 428. The number of halogens is 2. The lowest BCUT2D eigenvalue weighted by Gasteiger charge is -2.05. The van der Waals surface area contributed by atoms with Gasteiger partial charge in [0.05, 0.1) is 17.0 Å². The van der Waals surface area contributed by atoms with Crippen LogP contribution in [0.2, 0.25) is 0 Å². The average Bonchev–Trinajstić information content (AvgIpc) is 2.60. The van der Waals surface area contributed by atoms with Gasteiger partial charge in [0.15, 0.2) is 11.5 Å². The molecule has 0 amide bonds. The minimum atomic E-state index is -0.456. The van der Waals surface area contributed by atoms with E-state index in [4.69, 9.17) is 14.7 Å². The fourth-order valence-electron chi connectivity index (χ4n) is 1.25. The second-order valence-corrected chi connectivity index (χ2v) is 3.51. The minimum absolute atomic E-state index is 0.00303. The Hall–Kier alpha value is -1.28. The van der Waals surface area contributed by atoms with E-state index in [-0.39, 0.29) is 13.2 Å². The van der Waals surface area contributed by atoms with Crippen molar-refractivity contribution in [1.82, 2.24) is 0 Å². The molecule has 2 rings (SSSR count). The van der Waals surface area contributed by atoms with Crippen LogP contribution in [-0.2, 0) is 6.42 Å². The van der Waals surface area contributed by atoms with Crippen LogP contribution >= 0.6 is 15.9 Å². The summed E-state index contributed by atoms with van der Waals surface area (Å²) in [5.41, 5.74) is 0.303. The molecule has 0 atom stereocenters. The van der Waals surface area contributed by atoms with Gasteiger partial charge in [0.25, 0.3) is 0 Å². The van der Waals surface area contributed by atoms with Crippen LogP contribution in [-0.4, -0.2) is 6.79 Å². The lowest BCUT2D eigenvalue weighted by atomic mass is 10.1. The highest BCUT2D eigenvalue weighted by atomic mass is 79.9. The molecule has 3 nitrogen and oxygen atoms in total. The molecule has 14 heavy (non-hydrogen) atoms. The maximum absolute atomic E-state index is 13.4. The summed E-state index contributed by atoms with van der Waals surface area (Å²) >= 11 is 3.19. The Kier molecular flexibility index (Phi) is 2.30. The Morgan fingerprint density at radius 3 is 3.07 bits per heavy atom. The van der Waals surface area contributed by atoms with E-state index in [9.17, 15) is 4.39 Å². The van der Waals surface area contributed by atoms with E-state index in [1.54, 1.807) is 0 Å². The normalized spacial score (nSPS) is 12.6. The van der Waals surface area contributed by atoms with Gasteiger partial charge in [-0.1, -0.05) is 0 Å². The zero-order valence-electron chi connectivity index (χ0n) is 7.01. The molecule has 0 aliphatic carbocycles. The lowest BCUT2D eigenvalue weighted by Crippen LogP contribution is -1.93. The number of ether oxygens (including phenoxy) is 2. The van der Waals surface area contributed by atoms with Crippen LogP contribution in [0.5, 0.6) is 11.5 Å². The van der Waals surface area contributed by atoms with E-state index in [2.05, 4.69) is 15.9 Å². The largest absolute Gasteiger partial charge is 0.453 e. The van der Waals surface area contributed by atoms with E-state index in [0.29, 0.717) is 21.5 Å². The van der Waals surface area contributed by atoms with Gasteiger partial charge in [-0.25, -0.2) is 4.39 Å². The molecule has 0 radical (unpaired) electrons. The predicted molar refractivity (Wildman–Crippen MR) is 49.5 cm³/mol. The van der Waals surface area contributed by atoms with Crippen molar-refractivity contribution in [2.45, 2.75) is 6.42 Å². The number of benzene rings is 1. The van der Waals surface area contributed by atoms with Crippen LogP contribution in [0.15, 0.2) is 10.5 Å². The smallest absolute Gasteiger partial charge is 0.231 e. The molecule has 1 aliphatic rings. The van der Waals surface area contributed by atoms with E-state index in [0.717, 1.165) is 0 Å². The number of fused-ring (bicyclic) bond motifs is 1. The molecular weight excluding hydrogens is 253 g/mol. The first kappa shape index (κ1) is 9.28. The first-order chi connectivity index (χ1) is 6.74. The Morgan fingerprint density at radius 2 is 2.36 bits per heavy atom. The van der Waals surface area contributed by atoms with Crippen LogP contribution in [0.1, 0.15) is 5.56 Å². The van der Waals surface area contributed by atoms with Crippen molar-refractivity contribution in [2.24, 2.45) is 0 Å². The molecule has 72 valence electrons. The molecule has 5 heteroatoms. The summed E-state index contributed by atoms with van der Waals surface area (Å²) in [6.45, 7) is 0.0867. The van der Waals surface area contributed by atoms with Gasteiger partial charge in [-0.2, -0.15) is 5.26 Å². The highest BCUT2D eigenvalue weighted by molar-refractivity contribution is 9.10. The van der Waals surface area contributed by atoms with E-state index in [1.807, 2.05) is 6.07 Å². The van der Waals surface area contributed by atoms with Crippen LogP contribution in [0.3, 0.4) is 0 Å². The molecule has 0 saturated carbocycles. The SMILES string of the molecule is N#CCc1c(F)cc2c(c1Br)OCO2. The third-order valence-corrected chi connectivity index (χ3v) is 2.75. The van der Waals surface area contributed by atoms with Gasteiger partial charge in [0.1, 0.15) is 5.82 Å². The summed E-state index contributed by atoms with van der Waals surface area (Å²) in [5, 5.41) is 8.51. The second kappa shape index (κ2) is 3.46. The first-order valence-corrected chi connectivity index (χ1v) is 4.66. The Morgan fingerprint density at radius 1 is 1.57 bits per heavy atom. The van der Waals surface area contributed by atoms with Crippen molar-refractivity contribution in [3.8, 4) is 17.6 Å². The van der Waals surface area contributed by atoms with Gasteiger partial charge in [-0.15, -0.1) is 0 Å². The fraction of sp³-hybridized carbons (Fsp3) is 0.222. The molecule has 1 aromatic rings. The van der Waals surface area contributed by atoms with Crippen molar-refractivity contribution in [3.05, 3.63) is 21.9 Å². The third-order valence-electron chi connectivity index (χ3n) is 1.91. The second-order valence-electron chi connectivity index (χ2n) is 2.72. The van der Waals surface area contributed by atoms with Gasteiger partial charge in [-0.3, -0.25) is 0 Å². The summed E-state index contributed by atoms with van der Waals surface area (Å²) in [5.74, 6) is 0.385. The summed E-state index contributed by atoms with van der Waals surface area (Å²) in [6.07, 6.45) is 0.00303. The van der Waals surface area contributed by atoms with Crippen molar-refractivity contribution in [1.29, 1.82) is 5.26 Å². The van der Waals surface area contributed by atoms with E-state index in [1.165, 1.54) is 6.07 Å². The van der Waals surface area contributed by atoms with Crippen LogP contribution < -0.4 is 9.47 Å². The highest BCUT2D eigenvalue weighted by Crippen LogP contribution is 2.42. The molecule has 0 unspecified atom stereocenters. The molecule has 0 N–H and O–H groups in total. The van der Waals surface area contributed by atoms with E-state index >= 15 is 0 Å². The van der Waals surface area contributed by atoms with Gasteiger partial charge in [0.2, 0.25) is 6.79 Å². The van der Waals surface area contributed by atoms with Crippen LogP contribution in [0, 0.1) is 17.1 Å². The predicted octanol–water partition coefficient (Wildman–Crippen LogP) is 2.38. The standard InChI is InChI=1S/C9H5BrFNO2/c10-8-5(1-2-12)6(11)3-7-9(8)14-4-13-7/h3H,1,4H2. The number of nitriles is 1. The molecular formula is C9H5BrFNO2. The number of hydrogen-bond donors (Lipinski definition) is 0. The number of rotatable bonds is 1. The monoisotopic (exact) mass is 257 g/mol. The zero-order chi connectivity index (χ0) is 10.1. The van der Waals surface area contributed by atoms with Crippen LogP contribution in [0.4, 0.5) is 4.39 Å². The molecule has 0 bridgehead atoms. The molecule has 0 spiro atoms. The molecule has 0 aromatic heterocycles. The minimum Gasteiger partial charge on any atom is -0.453 e. The van der Waals surface area contributed by atoms with Gasteiger partial charge < -0.3 is 9.47 Å². The fourth-order valence-corrected chi connectivity index (χ4v) is 1.89. The molecule has 1 heterocycles. The van der Waals surface area contributed by atoms with Crippen molar-refractivity contribution >= 4 is 15.9 Å². The van der Waals surface area contributed by atoms with Gasteiger partial charge in [0, 0.05) is 11.6 Å². The molecule has 0 saturated heterocycles. The third kappa shape index (κ3) is 1.32.